The van der Waals surface area contributed by atoms with Crippen molar-refractivity contribution in [1.29, 1.82) is 0 Å². The van der Waals surface area contributed by atoms with Gasteiger partial charge >= 0.3 is 0 Å². The van der Waals surface area contributed by atoms with Crippen molar-refractivity contribution in [2.24, 2.45) is 11.8 Å². The van der Waals surface area contributed by atoms with Gasteiger partial charge in [-0.05, 0) is 30.6 Å². The van der Waals surface area contributed by atoms with E-state index in [-0.39, 0.29) is 23.0 Å². The second-order valence-corrected chi connectivity index (χ2v) is 9.45. The van der Waals surface area contributed by atoms with Crippen LogP contribution in [0.5, 0.6) is 5.75 Å². The summed E-state index contributed by atoms with van der Waals surface area (Å²) in [5, 5.41) is 17.4. The van der Waals surface area contributed by atoms with Crippen molar-refractivity contribution in [2.45, 2.75) is 18.0 Å². The number of ether oxygens (including phenoxy) is 1. The van der Waals surface area contributed by atoms with Gasteiger partial charge in [-0.2, -0.15) is 11.8 Å². The minimum Gasteiger partial charge on any atom is -0.494 e. The molecule has 5 rings (SSSR count). The fourth-order valence-corrected chi connectivity index (χ4v) is 5.94. The number of imide groups is 1. The van der Waals surface area contributed by atoms with Crippen LogP contribution >= 0.6 is 11.8 Å². The highest BCUT2D eigenvalue weighted by atomic mass is 32.2. The van der Waals surface area contributed by atoms with Gasteiger partial charge in [0.2, 0.25) is 17.7 Å². The van der Waals surface area contributed by atoms with Crippen LogP contribution in [0.25, 0.3) is 0 Å². The van der Waals surface area contributed by atoms with Crippen LogP contribution in [-0.2, 0) is 19.9 Å². The zero-order valence-electron chi connectivity index (χ0n) is 18.4. The van der Waals surface area contributed by atoms with E-state index < -0.39 is 40.2 Å². The van der Waals surface area contributed by atoms with Crippen molar-refractivity contribution < 1.29 is 24.0 Å². The average Bonchev–Trinajstić information content (AvgIpc) is 3.41. The molecule has 176 valence electrons. The molecule has 0 unspecified atom stereocenters. The molecule has 2 N–H and O–H groups in total. The summed E-state index contributed by atoms with van der Waals surface area (Å²) < 4.78 is 5.30. The van der Waals surface area contributed by atoms with E-state index in [9.17, 15) is 24.5 Å². The van der Waals surface area contributed by atoms with Crippen LogP contribution in [-0.4, -0.2) is 47.8 Å². The van der Waals surface area contributed by atoms with Crippen molar-refractivity contribution in [1.82, 2.24) is 5.32 Å². The maximum absolute atomic E-state index is 13.9. The highest BCUT2D eigenvalue weighted by molar-refractivity contribution is 7.98. The van der Waals surface area contributed by atoms with Gasteiger partial charge in [-0.3, -0.25) is 29.8 Å². The number of rotatable bonds is 6. The van der Waals surface area contributed by atoms with E-state index >= 15 is 0 Å². The SMILES string of the molecule is COc1cc([N+](=O)[O-])ccc1N1C(=O)[C@@H]2[C@H](CCSC)N[C@@]3(C(=O)Nc4ccccc43)[C@@H]2C1=O. The lowest BCUT2D eigenvalue weighted by Gasteiger charge is -2.29. The van der Waals surface area contributed by atoms with E-state index in [0.29, 0.717) is 17.7 Å². The molecular formula is C23H22N4O6S. The number of fused-ring (bicyclic) bond motifs is 4. The number of hydrogen-bond acceptors (Lipinski definition) is 8. The zero-order valence-corrected chi connectivity index (χ0v) is 19.3. The Balaban J connectivity index is 1.64. The number of hydrogen-bond donors (Lipinski definition) is 2. The molecule has 3 amide bonds. The van der Waals surface area contributed by atoms with Crippen LogP contribution in [0.15, 0.2) is 42.5 Å². The quantitative estimate of drug-likeness (QED) is 0.364. The number of nitro benzene ring substituents is 1. The van der Waals surface area contributed by atoms with Gasteiger partial charge in [-0.15, -0.1) is 0 Å². The van der Waals surface area contributed by atoms with E-state index in [1.54, 1.807) is 36.0 Å². The van der Waals surface area contributed by atoms with Crippen molar-refractivity contribution in [3.63, 3.8) is 0 Å². The van der Waals surface area contributed by atoms with Gasteiger partial charge in [0.05, 0.1) is 35.6 Å². The molecule has 4 atom stereocenters. The number of nitro groups is 1. The number of non-ortho nitro benzene ring substituents is 1. The van der Waals surface area contributed by atoms with Gasteiger partial charge < -0.3 is 10.1 Å². The first-order valence-corrected chi connectivity index (χ1v) is 12.1. The number of amides is 3. The first kappa shape index (κ1) is 22.4. The molecule has 11 heteroatoms. The Kier molecular flexibility index (Phi) is 5.33. The van der Waals surface area contributed by atoms with E-state index in [1.807, 2.05) is 6.26 Å². The molecule has 2 aromatic carbocycles. The molecule has 0 aliphatic carbocycles. The third kappa shape index (κ3) is 2.96. The summed E-state index contributed by atoms with van der Waals surface area (Å²) in [6.45, 7) is 0. The Morgan fingerprint density at radius 1 is 1.18 bits per heavy atom. The number of para-hydroxylation sites is 1. The number of nitrogens with one attached hydrogen (secondary N) is 2. The first-order chi connectivity index (χ1) is 16.3. The molecule has 3 aliphatic rings. The second kappa shape index (κ2) is 8.10. The van der Waals surface area contributed by atoms with Crippen molar-refractivity contribution in [2.75, 3.05) is 29.3 Å². The summed E-state index contributed by atoms with van der Waals surface area (Å²) in [6.07, 6.45) is 2.54. The summed E-state index contributed by atoms with van der Waals surface area (Å²) in [4.78, 5) is 52.7. The largest absolute Gasteiger partial charge is 0.494 e. The summed E-state index contributed by atoms with van der Waals surface area (Å²) >= 11 is 1.62. The molecule has 0 aromatic heterocycles. The zero-order chi connectivity index (χ0) is 24.2. The van der Waals surface area contributed by atoms with E-state index in [0.717, 1.165) is 10.7 Å². The van der Waals surface area contributed by atoms with Crippen molar-refractivity contribution in [3.05, 3.63) is 58.1 Å². The third-order valence-electron chi connectivity index (χ3n) is 6.87. The molecule has 10 nitrogen and oxygen atoms in total. The lowest BCUT2D eigenvalue weighted by atomic mass is 9.76. The van der Waals surface area contributed by atoms with E-state index in [4.69, 9.17) is 4.74 Å². The van der Waals surface area contributed by atoms with Gasteiger partial charge in [0, 0.05) is 23.4 Å². The van der Waals surface area contributed by atoms with Crippen molar-refractivity contribution in [3.8, 4) is 5.75 Å². The molecule has 0 radical (unpaired) electrons. The maximum atomic E-state index is 13.9. The van der Waals surface area contributed by atoms with Gasteiger partial charge in [-0.25, -0.2) is 4.90 Å². The Bertz CT molecular complexity index is 1240. The Labute approximate surface area is 199 Å². The average molecular weight is 483 g/mol. The maximum Gasteiger partial charge on any atom is 0.273 e. The number of carbonyl (C=O) groups excluding carboxylic acids is 3. The number of carbonyl (C=O) groups is 3. The topological polar surface area (TPSA) is 131 Å². The smallest absolute Gasteiger partial charge is 0.273 e. The standard InChI is InChI=1S/C23H22N4O6S/c1-33-17-11-12(27(31)32)7-8-16(17)26-20(28)18-15(9-10-34-2)25-23(19(18)21(26)29)13-5-3-4-6-14(13)24-22(23)30/h3-8,11,15,18-19,25H,9-10H2,1-2H3,(H,24,30)/t15-,18+,19-,23+/m0/s1. The number of benzene rings is 2. The monoisotopic (exact) mass is 482 g/mol. The van der Waals surface area contributed by atoms with Crippen molar-refractivity contribution >= 4 is 46.5 Å². The van der Waals surface area contributed by atoms with Crippen LogP contribution in [0.3, 0.4) is 0 Å². The summed E-state index contributed by atoms with van der Waals surface area (Å²) in [6, 6.07) is 10.5. The van der Waals surface area contributed by atoms with E-state index in [2.05, 4.69) is 10.6 Å². The predicted molar refractivity (Wildman–Crippen MR) is 126 cm³/mol. The molecular weight excluding hydrogens is 460 g/mol. The lowest BCUT2D eigenvalue weighted by molar-refractivity contribution is -0.384. The van der Waals surface area contributed by atoms with Gasteiger partial charge in [-0.1, -0.05) is 18.2 Å². The minimum atomic E-state index is -1.38. The number of anilines is 2. The molecule has 0 bridgehead atoms. The highest BCUT2D eigenvalue weighted by Gasteiger charge is 2.70. The Morgan fingerprint density at radius 3 is 2.65 bits per heavy atom. The van der Waals surface area contributed by atoms with Crippen LogP contribution in [0.2, 0.25) is 0 Å². The molecule has 2 fully saturated rings. The van der Waals surface area contributed by atoms with Gasteiger partial charge in [0.15, 0.2) is 0 Å². The number of nitrogens with zero attached hydrogens (tertiary/aromatic N) is 2. The second-order valence-electron chi connectivity index (χ2n) is 8.47. The molecule has 3 heterocycles. The van der Waals surface area contributed by atoms with Crippen LogP contribution < -0.4 is 20.3 Å². The first-order valence-electron chi connectivity index (χ1n) is 10.7. The molecule has 34 heavy (non-hydrogen) atoms. The normalized spacial score (nSPS) is 27.2. The van der Waals surface area contributed by atoms with Crippen LogP contribution in [0.4, 0.5) is 17.1 Å². The summed E-state index contributed by atoms with van der Waals surface area (Å²) in [7, 11) is 1.32. The molecule has 2 aromatic rings. The Hall–Kier alpha value is -3.44. The fraction of sp³-hybridized carbons (Fsp3) is 0.348. The third-order valence-corrected chi connectivity index (χ3v) is 7.51. The molecule has 0 saturated carbocycles. The number of methoxy groups -OCH3 is 1. The molecule has 1 spiro atoms. The van der Waals surface area contributed by atoms with Crippen LogP contribution in [0, 0.1) is 22.0 Å². The predicted octanol–water partition coefficient (Wildman–Crippen LogP) is 2.28. The highest BCUT2D eigenvalue weighted by Crippen LogP contribution is 2.54. The Morgan fingerprint density at radius 2 is 1.94 bits per heavy atom. The summed E-state index contributed by atoms with van der Waals surface area (Å²) in [5.41, 5.74) is -0.223. The van der Waals surface area contributed by atoms with Crippen LogP contribution in [0.1, 0.15) is 12.0 Å². The lowest BCUT2D eigenvalue weighted by Crippen LogP contribution is -2.53. The summed E-state index contributed by atoms with van der Waals surface area (Å²) in [5.74, 6) is -2.30. The fourth-order valence-electron chi connectivity index (χ4n) is 5.45. The molecule has 3 aliphatic heterocycles. The van der Waals surface area contributed by atoms with E-state index in [1.165, 1.54) is 25.3 Å². The minimum absolute atomic E-state index is 0.0369. The molecule has 2 saturated heterocycles. The number of thioether (sulfide) groups is 1. The van der Waals surface area contributed by atoms with Gasteiger partial charge in [0.25, 0.3) is 5.69 Å². The van der Waals surface area contributed by atoms with Gasteiger partial charge in [0.1, 0.15) is 11.3 Å².